The minimum absolute atomic E-state index is 0.0923. The van der Waals surface area contributed by atoms with Crippen molar-refractivity contribution in [2.75, 3.05) is 31.1 Å². The summed E-state index contributed by atoms with van der Waals surface area (Å²) in [5.41, 5.74) is 2.55. The Labute approximate surface area is 186 Å². The number of amides is 1. The van der Waals surface area contributed by atoms with Gasteiger partial charge in [0.1, 0.15) is 11.6 Å². The molecule has 2 aliphatic heterocycles. The largest absolute Gasteiger partial charge is 0.356 e. The number of benzene rings is 1. The maximum atomic E-state index is 13.7. The van der Waals surface area contributed by atoms with Gasteiger partial charge in [0.2, 0.25) is 0 Å². The molecule has 162 valence electrons. The number of piperidine rings is 1. The fourth-order valence-electron chi connectivity index (χ4n) is 5.08. The van der Waals surface area contributed by atoms with E-state index in [1.807, 2.05) is 59.6 Å². The van der Waals surface area contributed by atoms with Gasteiger partial charge in [-0.15, -0.1) is 10.2 Å². The Bertz CT molecular complexity index is 1280. The van der Waals surface area contributed by atoms with E-state index >= 15 is 0 Å². The van der Waals surface area contributed by atoms with Crippen LogP contribution < -0.4 is 4.90 Å². The molecule has 0 N–H and O–H groups in total. The molecule has 0 aliphatic carbocycles. The molecule has 0 atom stereocenters. The summed E-state index contributed by atoms with van der Waals surface area (Å²) in [5, 5.41) is 9.76. The van der Waals surface area contributed by atoms with Crippen LogP contribution in [0.1, 0.15) is 47.8 Å². The normalized spacial score (nSPS) is 17.5. The molecule has 32 heavy (non-hydrogen) atoms. The molecule has 0 unspecified atom stereocenters. The van der Waals surface area contributed by atoms with Crippen LogP contribution in [-0.4, -0.2) is 56.6 Å². The number of para-hydroxylation sites is 1. The highest BCUT2D eigenvalue weighted by molar-refractivity contribution is 6.02. The molecule has 7 nitrogen and oxygen atoms in total. The van der Waals surface area contributed by atoms with E-state index in [2.05, 4.69) is 19.5 Å². The summed E-state index contributed by atoms with van der Waals surface area (Å²) in [5.74, 6) is 2.24. The van der Waals surface area contributed by atoms with Gasteiger partial charge < -0.3 is 9.80 Å². The van der Waals surface area contributed by atoms with Crippen molar-refractivity contribution in [2.45, 2.75) is 31.6 Å². The maximum absolute atomic E-state index is 13.7. The second-order valence-electron chi connectivity index (χ2n) is 8.80. The van der Waals surface area contributed by atoms with Crippen LogP contribution in [0.4, 0.5) is 5.82 Å². The number of likely N-dealkylation sites (tertiary alicyclic amines) is 1. The Morgan fingerprint density at radius 2 is 1.69 bits per heavy atom. The van der Waals surface area contributed by atoms with Gasteiger partial charge in [-0.1, -0.05) is 24.3 Å². The predicted octanol–water partition coefficient (Wildman–Crippen LogP) is 3.90. The van der Waals surface area contributed by atoms with E-state index in [0.717, 1.165) is 85.6 Å². The standard InChI is InChI=1S/C25H26N6O/c32-25(20-17-19-7-1-2-8-21(19)26-24(20)29-12-5-6-13-29)30-15-10-18(11-16-30)23-28-27-22-9-3-4-14-31(22)23/h1-4,7-9,14,17-18H,5-6,10-13,15-16H2. The van der Waals surface area contributed by atoms with E-state index in [4.69, 9.17) is 4.98 Å². The van der Waals surface area contributed by atoms with Gasteiger partial charge in [-0.2, -0.15) is 0 Å². The summed E-state index contributed by atoms with van der Waals surface area (Å²) in [4.78, 5) is 22.8. The molecule has 0 bridgehead atoms. The quantitative estimate of drug-likeness (QED) is 0.497. The fourth-order valence-corrected chi connectivity index (χ4v) is 5.08. The lowest BCUT2D eigenvalue weighted by molar-refractivity contribution is 0.0711. The molecule has 0 spiro atoms. The van der Waals surface area contributed by atoms with Gasteiger partial charge in [0.15, 0.2) is 5.65 Å². The Balaban J connectivity index is 1.26. The molecule has 3 aromatic heterocycles. The first-order valence-corrected chi connectivity index (χ1v) is 11.5. The first-order valence-electron chi connectivity index (χ1n) is 11.5. The lowest BCUT2D eigenvalue weighted by Crippen LogP contribution is -2.39. The van der Waals surface area contributed by atoms with Crippen LogP contribution in [0.15, 0.2) is 54.7 Å². The zero-order valence-electron chi connectivity index (χ0n) is 18.0. The van der Waals surface area contributed by atoms with Gasteiger partial charge in [0, 0.05) is 43.7 Å². The van der Waals surface area contributed by atoms with Gasteiger partial charge in [-0.05, 0) is 49.9 Å². The number of aromatic nitrogens is 4. The summed E-state index contributed by atoms with van der Waals surface area (Å²) < 4.78 is 2.07. The number of hydrogen-bond acceptors (Lipinski definition) is 5. The third-order valence-electron chi connectivity index (χ3n) is 6.83. The first-order chi connectivity index (χ1) is 15.8. The molecule has 1 amide bonds. The van der Waals surface area contributed by atoms with E-state index < -0.39 is 0 Å². The smallest absolute Gasteiger partial charge is 0.257 e. The zero-order chi connectivity index (χ0) is 21.5. The van der Waals surface area contributed by atoms with Gasteiger partial charge >= 0.3 is 0 Å². The van der Waals surface area contributed by atoms with Gasteiger partial charge in [-0.25, -0.2) is 4.98 Å². The Kier molecular flexibility index (Phi) is 4.74. The molecule has 0 saturated carbocycles. The van der Waals surface area contributed by atoms with Crippen LogP contribution in [0.25, 0.3) is 16.6 Å². The fraction of sp³-hybridized carbons (Fsp3) is 0.360. The minimum atomic E-state index is 0.0923. The monoisotopic (exact) mass is 426 g/mol. The second-order valence-corrected chi connectivity index (χ2v) is 8.80. The average molecular weight is 427 g/mol. The second kappa shape index (κ2) is 7.89. The summed E-state index contributed by atoms with van der Waals surface area (Å²) >= 11 is 0. The van der Waals surface area contributed by atoms with Crippen LogP contribution in [0.5, 0.6) is 0 Å². The molecule has 7 heteroatoms. The molecule has 4 aromatic rings. The van der Waals surface area contributed by atoms with Crippen molar-refractivity contribution in [3.05, 3.63) is 66.1 Å². The van der Waals surface area contributed by atoms with Gasteiger partial charge in [0.05, 0.1) is 11.1 Å². The molecule has 2 aliphatic rings. The van der Waals surface area contributed by atoms with Crippen molar-refractivity contribution < 1.29 is 4.79 Å². The third-order valence-corrected chi connectivity index (χ3v) is 6.83. The van der Waals surface area contributed by atoms with Crippen LogP contribution in [0, 0.1) is 0 Å². The minimum Gasteiger partial charge on any atom is -0.356 e. The van der Waals surface area contributed by atoms with Gasteiger partial charge in [-0.3, -0.25) is 9.20 Å². The highest BCUT2D eigenvalue weighted by atomic mass is 16.2. The van der Waals surface area contributed by atoms with Crippen molar-refractivity contribution in [2.24, 2.45) is 0 Å². The molecule has 2 fully saturated rings. The molecule has 2 saturated heterocycles. The number of nitrogens with zero attached hydrogens (tertiary/aromatic N) is 6. The number of pyridine rings is 2. The highest BCUT2D eigenvalue weighted by Crippen LogP contribution is 2.31. The van der Waals surface area contributed by atoms with Gasteiger partial charge in [0.25, 0.3) is 5.91 Å². The number of anilines is 1. The van der Waals surface area contributed by atoms with Crippen molar-refractivity contribution in [3.63, 3.8) is 0 Å². The number of carbonyl (C=O) groups excluding carboxylic acids is 1. The van der Waals surface area contributed by atoms with E-state index in [-0.39, 0.29) is 5.91 Å². The lowest BCUT2D eigenvalue weighted by atomic mass is 9.95. The number of hydrogen-bond donors (Lipinski definition) is 0. The lowest BCUT2D eigenvalue weighted by Gasteiger charge is -2.32. The molecule has 6 rings (SSSR count). The van der Waals surface area contributed by atoms with E-state index in [1.54, 1.807) is 0 Å². The molecule has 5 heterocycles. The number of fused-ring (bicyclic) bond motifs is 2. The van der Waals surface area contributed by atoms with Crippen molar-refractivity contribution in [1.82, 2.24) is 24.5 Å². The highest BCUT2D eigenvalue weighted by Gasteiger charge is 2.30. The summed E-state index contributed by atoms with van der Waals surface area (Å²) in [6.07, 6.45) is 6.11. The van der Waals surface area contributed by atoms with Crippen LogP contribution in [-0.2, 0) is 0 Å². The van der Waals surface area contributed by atoms with Crippen LogP contribution in [0.3, 0.4) is 0 Å². The van der Waals surface area contributed by atoms with Crippen LogP contribution >= 0.6 is 0 Å². The first kappa shape index (κ1) is 19.2. The number of carbonyl (C=O) groups is 1. The predicted molar refractivity (Wildman–Crippen MR) is 124 cm³/mol. The Morgan fingerprint density at radius 3 is 2.53 bits per heavy atom. The molecule has 0 radical (unpaired) electrons. The molecular weight excluding hydrogens is 400 g/mol. The van der Waals surface area contributed by atoms with Crippen LogP contribution in [0.2, 0.25) is 0 Å². The average Bonchev–Trinajstić information content (AvgIpc) is 3.53. The maximum Gasteiger partial charge on any atom is 0.257 e. The van der Waals surface area contributed by atoms with E-state index in [1.165, 1.54) is 0 Å². The topological polar surface area (TPSA) is 66.6 Å². The summed E-state index contributed by atoms with van der Waals surface area (Å²) in [6.45, 7) is 3.37. The molecule has 1 aromatic carbocycles. The Hall–Kier alpha value is -3.48. The molecular formula is C25H26N6O. The SMILES string of the molecule is O=C(c1cc2ccccc2nc1N1CCCC1)N1CCC(c2nnc3ccccn23)CC1. The Morgan fingerprint density at radius 1 is 0.906 bits per heavy atom. The van der Waals surface area contributed by atoms with E-state index in [9.17, 15) is 4.79 Å². The third kappa shape index (κ3) is 3.28. The van der Waals surface area contributed by atoms with E-state index in [0.29, 0.717) is 5.92 Å². The summed E-state index contributed by atoms with van der Waals surface area (Å²) in [6, 6.07) is 16.1. The zero-order valence-corrected chi connectivity index (χ0v) is 18.0. The van der Waals surface area contributed by atoms with Crippen molar-refractivity contribution >= 4 is 28.3 Å². The number of rotatable bonds is 3. The van der Waals surface area contributed by atoms with Crippen molar-refractivity contribution in [1.29, 1.82) is 0 Å². The van der Waals surface area contributed by atoms with Crippen molar-refractivity contribution in [3.8, 4) is 0 Å². The summed E-state index contributed by atoms with van der Waals surface area (Å²) in [7, 11) is 0.